The van der Waals surface area contributed by atoms with Crippen molar-refractivity contribution >= 4 is 23.8 Å². The molecule has 0 saturated heterocycles. The Balaban J connectivity index is 2.41. The van der Waals surface area contributed by atoms with Crippen molar-refractivity contribution in [2.75, 3.05) is 13.7 Å². The Kier molecular flexibility index (Phi) is 6.55. The molecule has 0 bridgehead atoms. The van der Waals surface area contributed by atoms with Gasteiger partial charge in [-0.3, -0.25) is 14.9 Å². The predicted molar refractivity (Wildman–Crippen MR) is 76.9 cm³/mol. The molecule has 0 heterocycles. The molecule has 1 aromatic rings. The van der Waals surface area contributed by atoms with E-state index in [0.717, 1.165) is 0 Å². The lowest BCUT2D eigenvalue weighted by Gasteiger charge is -2.13. The second-order valence-corrected chi connectivity index (χ2v) is 4.30. The first-order valence-corrected chi connectivity index (χ1v) is 6.48. The molecule has 0 spiro atoms. The molecule has 0 aliphatic heterocycles. The van der Waals surface area contributed by atoms with E-state index in [0.29, 0.717) is 5.56 Å². The molecular formula is C14H17N3O5. The summed E-state index contributed by atoms with van der Waals surface area (Å²) in [5, 5.41) is 6.57. The third-order valence-electron chi connectivity index (χ3n) is 2.56. The number of benzene rings is 1. The van der Waals surface area contributed by atoms with E-state index in [1.807, 2.05) is 5.32 Å². The molecule has 1 rings (SSSR count). The first-order valence-electron chi connectivity index (χ1n) is 6.48. The van der Waals surface area contributed by atoms with Crippen molar-refractivity contribution in [3.05, 3.63) is 35.9 Å². The van der Waals surface area contributed by atoms with Crippen LogP contribution >= 0.6 is 0 Å². The van der Waals surface area contributed by atoms with Crippen LogP contribution in [0.4, 0.5) is 4.79 Å². The van der Waals surface area contributed by atoms with Gasteiger partial charge in [-0.1, -0.05) is 18.2 Å². The summed E-state index contributed by atoms with van der Waals surface area (Å²) in [6, 6.07) is 6.72. The number of carbonyl (C=O) groups is 4. The van der Waals surface area contributed by atoms with Crippen molar-refractivity contribution in [3.8, 4) is 0 Å². The maximum atomic E-state index is 11.8. The SMILES string of the molecule is CNC(=O)NC(=O)COC(=O)[C@H](C)NC(=O)c1ccccc1. The quantitative estimate of drug-likeness (QED) is 0.652. The molecule has 4 amide bonds. The first-order chi connectivity index (χ1) is 10.4. The van der Waals surface area contributed by atoms with Crippen LogP contribution in [0.1, 0.15) is 17.3 Å². The molecular weight excluding hydrogens is 290 g/mol. The number of nitrogens with one attached hydrogen (secondary N) is 3. The smallest absolute Gasteiger partial charge is 0.328 e. The van der Waals surface area contributed by atoms with Crippen LogP contribution in [0.25, 0.3) is 0 Å². The standard InChI is InChI=1S/C14H17N3O5/c1-9(16-12(19)10-6-4-3-5-7-10)13(20)22-8-11(18)17-14(21)15-2/h3-7,9H,8H2,1-2H3,(H,16,19)(H2,15,17,18,21)/t9-/m0/s1. The number of esters is 1. The van der Waals surface area contributed by atoms with E-state index >= 15 is 0 Å². The van der Waals surface area contributed by atoms with E-state index in [4.69, 9.17) is 4.74 Å². The van der Waals surface area contributed by atoms with Crippen LogP contribution in [0.3, 0.4) is 0 Å². The second-order valence-electron chi connectivity index (χ2n) is 4.30. The summed E-state index contributed by atoms with van der Waals surface area (Å²) in [4.78, 5) is 45.6. The van der Waals surface area contributed by atoms with Crippen molar-refractivity contribution in [1.82, 2.24) is 16.0 Å². The molecule has 3 N–H and O–H groups in total. The third kappa shape index (κ3) is 5.61. The van der Waals surface area contributed by atoms with Crippen LogP contribution in [0.5, 0.6) is 0 Å². The lowest BCUT2D eigenvalue weighted by atomic mass is 10.2. The van der Waals surface area contributed by atoms with Crippen LogP contribution in [-0.2, 0) is 14.3 Å². The van der Waals surface area contributed by atoms with Crippen LogP contribution in [0, 0.1) is 0 Å². The maximum Gasteiger partial charge on any atom is 0.328 e. The van der Waals surface area contributed by atoms with E-state index in [1.54, 1.807) is 30.3 Å². The van der Waals surface area contributed by atoms with Crippen LogP contribution in [0.2, 0.25) is 0 Å². The van der Waals surface area contributed by atoms with Gasteiger partial charge in [-0.2, -0.15) is 0 Å². The van der Waals surface area contributed by atoms with Gasteiger partial charge in [0, 0.05) is 12.6 Å². The number of hydrogen-bond acceptors (Lipinski definition) is 5. The Morgan fingerprint density at radius 3 is 2.36 bits per heavy atom. The Labute approximate surface area is 127 Å². The summed E-state index contributed by atoms with van der Waals surface area (Å²) in [5.74, 6) is -1.98. The predicted octanol–water partition coefficient (Wildman–Crippen LogP) is -0.196. The first kappa shape index (κ1) is 17.2. The fourth-order valence-electron chi connectivity index (χ4n) is 1.42. The van der Waals surface area contributed by atoms with Crippen LogP contribution in [-0.4, -0.2) is 43.5 Å². The zero-order valence-electron chi connectivity index (χ0n) is 12.2. The highest BCUT2D eigenvalue weighted by Gasteiger charge is 2.19. The van der Waals surface area contributed by atoms with E-state index in [1.165, 1.54) is 14.0 Å². The highest BCUT2D eigenvalue weighted by Crippen LogP contribution is 1.99. The Hall–Kier alpha value is -2.90. The van der Waals surface area contributed by atoms with Gasteiger partial charge >= 0.3 is 12.0 Å². The van der Waals surface area contributed by atoms with Gasteiger partial charge in [-0.25, -0.2) is 9.59 Å². The van der Waals surface area contributed by atoms with Gasteiger partial charge in [0.2, 0.25) is 0 Å². The topological polar surface area (TPSA) is 114 Å². The van der Waals surface area contributed by atoms with Gasteiger partial charge in [0.15, 0.2) is 6.61 Å². The zero-order valence-corrected chi connectivity index (χ0v) is 12.2. The maximum absolute atomic E-state index is 11.8. The monoisotopic (exact) mass is 307 g/mol. The molecule has 8 nitrogen and oxygen atoms in total. The van der Waals surface area contributed by atoms with Gasteiger partial charge in [-0.05, 0) is 19.1 Å². The minimum Gasteiger partial charge on any atom is -0.454 e. The molecule has 0 saturated carbocycles. The van der Waals surface area contributed by atoms with E-state index in [9.17, 15) is 19.2 Å². The summed E-state index contributed by atoms with van der Waals surface area (Å²) in [6.45, 7) is 0.817. The number of ether oxygens (including phenoxy) is 1. The number of amides is 4. The van der Waals surface area contributed by atoms with Crippen molar-refractivity contribution in [2.45, 2.75) is 13.0 Å². The van der Waals surface area contributed by atoms with Crippen molar-refractivity contribution in [2.24, 2.45) is 0 Å². The number of rotatable bonds is 5. The van der Waals surface area contributed by atoms with Gasteiger partial charge < -0.3 is 15.4 Å². The van der Waals surface area contributed by atoms with E-state index in [-0.39, 0.29) is 0 Å². The van der Waals surface area contributed by atoms with E-state index < -0.39 is 36.5 Å². The fourth-order valence-corrected chi connectivity index (χ4v) is 1.42. The minimum atomic E-state index is -0.930. The molecule has 22 heavy (non-hydrogen) atoms. The zero-order chi connectivity index (χ0) is 16.5. The number of urea groups is 1. The minimum absolute atomic E-state index is 0.402. The molecule has 8 heteroatoms. The van der Waals surface area contributed by atoms with Crippen molar-refractivity contribution < 1.29 is 23.9 Å². The van der Waals surface area contributed by atoms with Gasteiger partial charge in [0.1, 0.15) is 6.04 Å². The van der Waals surface area contributed by atoms with Gasteiger partial charge in [0.25, 0.3) is 11.8 Å². The molecule has 1 atom stereocenters. The lowest BCUT2D eigenvalue weighted by Crippen LogP contribution is -2.43. The Morgan fingerprint density at radius 1 is 1.14 bits per heavy atom. The Bertz CT molecular complexity index is 559. The average molecular weight is 307 g/mol. The molecule has 118 valence electrons. The fraction of sp³-hybridized carbons (Fsp3) is 0.286. The summed E-state index contributed by atoms with van der Waals surface area (Å²) >= 11 is 0. The van der Waals surface area contributed by atoms with E-state index in [2.05, 4.69) is 10.6 Å². The number of imide groups is 1. The number of carbonyl (C=O) groups excluding carboxylic acids is 4. The summed E-state index contributed by atoms with van der Waals surface area (Å²) in [5.41, 5.74) is 0.402. The summed E-state index contributed by atoms with van der Waals surface area (Å²) in [6.07, 6.45) is 0. The Morgan fingerprint density at radius 2 is 1.77 bits per heavy atom. The largest absolute Gasteiger partial charge is 0.454 e. The third-order valence-corrected chi connectivity index (χ3v) is 2.56. The molecule has 1 aromatic carbocycles. The van der Waals surface area contributed by atoms with Crippen molar-refractivity contribution in [1.29, 1.82) is 0 Å². The highest BCUT2D eigenvalue weighted by molar-refractivity contribution is 5.97. The molecule has 0 fully saturated rings. The van der Waals surface area contributed by atoms with Crippen LogP contribution < -0.4 is 16.0 Å². The molecule has 0 aliphatic rings. The van der Waals surface area contributed by atoms with Crippen molar-refractivity contribution in [3.63, 3.8) is 0 Å². The second kappa shape index (κ2) is 8.40. The highest BCUT2D eigenvalue weighted by atomic mass is 16.5. The summed E-state index contributed by atoms with van der Waals surface area (Å²) < 4.78 is 4.70. The number of hydrogen-bond donors (Lipinski definition) is 3. The van der Waals surface area contributed by atoms with Gasteiger partial charge in [-0.15, -0.1) is 0 Å². The summed E-state index contributed by atoms with van der Waals surface area (Å²) in [7, 11) is 1.34. The average Bonchev–Trinajstić information content (AvgIpc) is 2.53. The molecule has 0 unspecified atom stereocenters. The molecule has 0 aromatic heterocycles. The lowest BCUT2D eigenvalue weighted by molar-refractivity contribution is -0.149. The van der Waals surface area contributed by atoms with Gasteiger partial charge in [0.05, 0.1) is 0 Å². The molecule has 0 aliphatic carbocycles. The van der Waals surface area contributed by atoms with Crippen LogP contribution in [0.15, 0.2) is 30.3 Å². The molecule has 0 radical (unpaired) electrons. The normalized spacial score (nSPS) is 11.0.